The SMILES string of the molecule is CN=C(NCc1ncc(-c2ccc(C)cc2)o1)N(C)Cc1ccccc1OC. The number of methoxy groups -OCH3 is 1. The first-order chi connectivity index (χ1) is 13.6. The maximum atomic E-state index is 5.87. The first-order valence-corrected chi connectivity index (χ1v) is 9.16. The van der Waals surface area contributed by atoms with Crippen molar-refractivity contribution in [2.75, 3.05) is 21.2 Å². The molecule has 0 spiro atoms. The predicted octanol–water partition coefficient (Wildman–Crippen LogP) is 3.87. The highest BCUT2D eigenvalue weighted by Crippen LogP contribution is 2.21. The highest BCUT2D eigenvalue weighted by atomic mass is 16.5. The number of aromatic nitrogens is 1. The lowest BCUT2D eigenvalue weighted by molar-refractivity contribution is 0.395. The van der Waals surface area contributed by atoms with Crippen LogP contribution in [0, 0.1) is 6.92 Å². The Morgan fingerprint density at radius 1 is 1.18 bits per heavy atom. The number of nitrogens with one attached hydrogen (secondary N) is 1. The van der Waals surface area contributed by atoms with Gasteiger partial charge in [0.05, 0.1) is 19.9 Å². The number of nitrogens with zero attached hydrogens (tertiary/aromatic N) is 3. The van der Waals surface area contributed by atoms with E-state index in [0.717, 1.165) is 28.6 Å². The molecule has 3 aromatic rings. The molecule has 3 rings (SSSR count). The van der Waals surface area contributed by atoms with Crippen LogP contribution in [0.25, 0.3) is 11.3 Å². The molecule has 1 heterocycles. The number of hydrogen-bond donors (Lipinski definition) is 1. The molecule has 146 valence electrons. The van der Waals surface area contributed by atoms with Crippen LogP contribution in [-0.2, 0) is 13.1 Å². The summed E-state index contributed by atoms with van der Waals surface area (Å²) >= 11 is 0. The van der Waals surface area contributed by atoms with E-state index < -0.39 is 0 Å². The number of para-hydroxylation sites is 1. The molecule has 6 nitrogen and oxygen atoms in total. The molecule has 0 aliphatic heterocycles. The largest absolute Gasteiger partial charge is 0.496 e. The monoisotopic (exact) mass is 378 g/mol. The topological polar surface area (TPSA) is 62.9 Å². The summed E-state index contributed by atoms with van der Waals surface area (Å²) in [4.78, 5) is 10.7. The summed E-state index contributed by atoms with van der Waals surface area (Å²) in [5.41, 5.74) is 3.32. The van der Waals surface area contributed by atoms with E-state index in [0.29, 0.717) is 19.0 Å². The van der Waals surface area contributed by atoms with Crippen LogP contribution in [0.2, 0.25) is 0 Å². The molecular weight excluding hydrogens is 352 g/mol. The standard InChI is InChI=1S/C22H26N4O2/c1-16-9-11-17(12-10-16)20-13-24-21(28-20)14-25-22(23-2)26(3)15-18-7-5-6-8-19(18)27-4/h5-13H,14-15H2,1-4H3,(H,23,25). The second-order valence-corrected chi connectivity index (χ2v) is 6.55. The van der Waals surface area contributed by atoms with Crippen LogP contribution < -0.4 is 10.1 Å². The van der Waals surface area contributed by atoms with E-state index in [1.165, 1.54) is 5.56 Å². The lowest BCUT2D eigenvalue weighted by Crippen LogP contribution is -2.38. The first-order valence-electron chi connectivity index (χ1n) is 9.16. The van der Waals surface area contributed by atoms with Crippen LogP contribution in [0.4, 0.5) is 0 Å². The van der Waals surface area contributed by atoms with E-state index in [4.69, 9.17) is 9.15 Å². The van der Waals surface area contributed by atoms with E-state index in [-0.39, 0.29) is 0 Å². The first kappa shape index (κ1) is 19.5. The number of ether oxygens (including phenoxy) is 1. The van der Waals surface area contributed by atoms with Crippen LogP contribution >= 0.6 is 0 Å². The van der Waals surface area contributed by atoms with Crippen molar-refractivity contribution in [3.8, 4) is 17.1 Å². The molecule has 28 heavy (non-hydrogen) atoms. The summed E-state index contributed by atoms with van der Waals surface area (Å²) in [6.07, 6.45) is 1.75. The molecule has 0 saturated heterocycles. The molecule has 0 aliphatic carbocycles. The molecule has 0 unspecified atom stereocenters. The van der Waals surface area contributed by atoms with Gasteiger partial charge in [-0.15, -0.1) is 0 Å². The molecule has 0 atom stereocenters. The minimum absolute atomic E-state index is 0.453. The predicted molar refractivity (Wildman–Crippen MR) is 111 cm³/mol. The van der Waals surface area contributed by atoms with E-state index >= 15 is 0 Å². The molecule has 0 fully saturated rings. The molecule has 0 radical (unpaired) electrons. The Kier molecular flexibility index (Phi) is 6.32. The number of benzene rings is 2. The minimum Gasteiger partial charge on any atom is -0.496 e. The molecular formula is C22H26N4O2. The Balaban J connectivity index is 1.62. The molecule has 2 aromatic carbocycles. The quantitative estimate of drug-likeness (QED) is 0.521. The number of oxazole rings is 1. The van der Waals surface area contributed by atoms with Gasteiger partial charge < -0.3 is 19.4 Å². The lowest BCUT2D eigenvalue weighted by atomic mass is 10.1. The average molecular weight is 378 g/mol. The summed E-state index contributed by atoms with van der Waals surface area (Å²) in [6, 6.07) is 16.2. The van der Waals surface area contributed by atoms with Gasteiger partial charge in [-0.05, 0) is 13.0 Å². The smallest absolute Gasteiger partial charge is 0.214 e. The van der Waals surface area contributed by atoms with E-state index in [2.05, 4.69) is 34.3 Å². The van der Waals surface area contributed by atoms with Crippen LogP contribution in [0.15, 0.2) is 64.1 Å². The van der Waals surface area contributed by atoms with Gasteiger partial charge >= 0.3 is 0 Å². The van der Waals surface area contributed by atoms with Crippen LogP contribution in [0.1, 0.15) is 17.0 Å². The van der Waals surface area contributed by atoms with E-state index in [1.54, 1.807) is 20.4 Å². The second kappa shape index (κ2) is 9.08. The second-order valence-electron chi connectivity index (χ2n) is 6.55. The summed E-state index contributed by atoms with van der Waals surface area (Å²) in [7, 11) is 5.42. The molecule has 0 amide bonds. The fraction of sp³-hybridized carbons (Fsp3) is 0.273. The average Bonchev–Trinajstić information content (AvgIpc) is 3.18. The van der Waals surface area contributed by atoms with Crippen molar-refractivity contribution in [1.29, 1.82) is 0 Å². The van der Waals surface area contributed by atoms with Crippen molar-refractivity contribution in [3.05, 3.63) is 71.7 Å². The summed E-state index contributed by atoms with van der Waals surface area (Å²) in [5, 5.41) is 3.30. The normalized spacial score (nSPS) is 11.4. The van der Waals surface area contributed by atoms with Gasteiger partial charge in [0.15, 0.2) is 11.7 Å². The Labute approximate surface area is 165 Å². The van der Waals surface area contributed by atoms with Gasteiger partial charge in [0, 0.05) is 31.8 Å². The number of rotatable bonds is 6. The third kappa shape index (κ3) is 4.71. The van der Waals surface area contributed by atoms with Gasteiger partial charge in [-0.1, -0.05) is 48.0 Å². The van der Waals surface area contributed by atoms with Crippen LogP contribution in [0.5, 0.6) is 5.75 Å². The van der Waals surface area contributed by atoms with Gasteiger partial charge in [0.2, 0.25) is 5.89 Å². The Hall–Kier alpha value is -3.28. The third-order valence-corrected chi connectivity index (χ3v) is 4.46. The third-order valence-electron chi connectivity index (χ3n) is 4.46. The van der Waals surface area contributed by atoms with Crippen molar-refractivity contribution < 1.29 is 9.15 Å². The molecule has 0 saturated carbocycles. The molecule has 1 N–H and O–H groups in total. The number of aliphatic imine (C=N–C) groups is 1. The van der Waals surface area contributed by atoms with E-state index in [1.807, 2.05) is 48.3 Å². The summed E-state index contributed by atoms with van der Waals surface area (Å²) in [5.74, 6) is 2.98. The number of hydrogen-bond acceptors (Lipinski definition) is 4. The molecule has 0 bridgehead atoms. The lowest BCUT2D eigenvalue weighted by Gasteiger charge is -2.22. The Bertz CT molecular complexity index is 932. The maximum Gasteiger partial charge on any atom is 0.214 e. The van der Waals surface area contributed by atoms with Gasteiger partial charge in [0.25, 0.3) is 0 Å². The zero-order valence-electron chi connectivity index (χ0n) is 16.8. The van der Waals surface area contributed by atoms with Crippen LogP contribution in [-0.4, -0.2) is 37.0 Å². The fourth-order valence-electron chi connectivity index (χ4n) is 2.95. The van der Waals surface area contributed by atoms with Gasteiger partial charge in [0.1, 0.15) is 5.75 Å². The van der Waals surface area contributed by atoms with E-state index in [9.17, 15) is 0 Å². The van der Waals surface area contributed by atoms with Gasteiger partial charge in [-0.3, -0.25) is 4.99 Å². The molecule has 0 aliphatic rings. The number of aryl methyl sites for hydroxylation is 1. The molecule has 6 heteroatoms. The van der Waals surface area contributed by atoms with Gasteiger partial charge in [-0.25, -0.2) is 4.98 Å². The number of guanidine groups is 1. The fourth-order valence-corrected chi connectivity index (χ4v) is 2.95. The highest BCUT2D eigenvalue weighted by molar-refractivity contribution is 5.79. The highest BCUT2D eigenvalue weighted by Gasteiger charge is 2.12. The van der Waals surface area contributed by atoms with Crippen molar-refractivity contribution in [2.45, 2.75) is 20.0 Å². The zero-order chi connectivity index (χ0) is 19.9. The van der Waals surface area contributed by atoms with Crippen molar-refractivity contribution in [3.63, 3.8) is 0 Å². The Morgan fingerprint density at radius 2 is 1.93 bits per heavy atom. The van der Waals surface area contributed by atoms with Crippen molar-refractivity contribution in [2.24, 2.45) is 4.99 Å². The minimum atomic E-state index is 0.453. The van der Waals surface area contributed by atoms with Crippen molar-refractivity contribution in [1.82, 2.24) is 15.2 Å². The Morgan fingerprint density at radius 3 is 2.64 bits per heavy atom. The molecule has 1 aromatic heterocycles. The van der Waals surface area contributed by atoms with Gasteiger partial charge in [-0.2, -0.15) is 0 Å². The summed E-state index contributed by atoms with van der Waals surface area (Å²) in [6.45, 7) is 3.19. The van der Waals surface area contributed by atoms with Crippen molar-refractivity contribution >= 4 is 5.96 Å². The van der Waals surface area contributed by atoms with Crippen LogP contribution in [0.3, 0.4) is 0 Å². The summed E-state index contributed by atoms with van der Waals surface area (Å²) < 4.78 is 11.3. The maximum absolute atomic E-state index is 5.87. The zero-order valence-corrected chi connectivity index (χ0v) is 16.8.